The molecule has 0 unspecified atom stereocenters. The molecule has 2 rings (SSSR count). The molecule has 1 aliphatic heterocycles. The lowest BCUT2D eigenvalue weighted by atomic mass is 10.1. The summed E-state index contributed by atoms with van der Waals surface area (Å²) in [7, 11) is 0. The van der Waals surface area contributed by atoms with Gasteiger partial charge in [-0.2, -0.15) is 4.98 Å². The summed E-state index contributed by atoms with van der Waals surface area (Å²) in [5, 5.41) is 6.51. The van der Waals surface area contributed by atoms with E-state index >= 15 is 0 Å². The highest BCUT2D eigenvalue weighted by Gasteiger charge is 2.20. The minimum Gasteiger partial charge on any atom is -0.370 e. The number of carbonyl (C=O) groups is 1. The highest BCUT2D eigenvalue weighted by molar-refractivity contribution is 5.75. The molecule has 0 atom stereocenters. The van der Waals surface area contributed by atoms with Crippen molar-refractivity contribution in [3.05, 3.63) is 12.3 Å². The predicted molar refractivity (Wildman–Crippen MR) is 78.5 cm³/mol. The molecule has 110 valence electrons. The number of hydrogen-bond acceptors (Lipinski definition) is 6. The lowest BCUT2D eigenvalue weighted by Crippen LogP contribution is -2.43. The third-order valence-electron chi connectivity index (χ3n) is 3.31. The van der Waals surface area contributed by atoms with Gasteiger partial charge in [-0.15, -0.1) is 0 Å². The molecule has 0 aromatic carbocycles. The minimum absolute atomic E-state index is 0.266. The number of primary amides is 1. The summed E-state index contributed by atoms with van der Waals surface area (Å²) in [5.41, 5.74) is 5.20. The Labute approximate surface area is 119 Å². The van der Waals surface area contributed by atoms with E-state index in [-0.39, 0.29) is 5.91 Å². The summed E-state index contributed by atoms with van der Waals surface area (Å²) in [5.74, 6) is 1.21. The van der Waals surface area contributed by atoms with E-state index < -0.39 is 0 Å². The van der Waals surface area contributed by atoms with Crippen LogP contribution in [-0.4, -0.2) is 53.0 Å². The maximum Gasteiger partial charge on any atom is 0.231 e. The Morgan fingerprint density at radius 3 is 2.90 bits per heavy atom. The quantitative estimate of drug-likeness (QED) is 0.691. The van der Waals surface area contributed by atoms with Gasteiger partial charge in [-0.25, -0.2) is 4.98 Å². The van der Waals surface area contributed by atoms with Gasteiger partial charge in [0, 0.05) is 31.9 Å². The molecule has 7 nitrogen and oxygen atoms in total. The average Bonchev–Trinajstić information content (AvgIpc) is 2.41. The normalized spacial score (nSPS) is 16.9. The molecule has 1 saturated heterocycles. The number of rotatable bonds is 6. The van der Waals surface area contributed by atoms with E-state index in [0.717, 1.165) is 38.3 Å². The fourth-order valence-electron chi connectivity index (χ4n) is 2.35. The molecule has 0 bridgehead atoms. The van der Waals surface area contributed by atoms with Crippen LogP contribution in [0.4, 0.5) is 11.8 Å². The highest BCUT2D eigenvalue weighted by atomic mass is 16.1. The first kappa shape index (κ1) is 14.5. The van der Waals surface area contributed by atoms with E-state index in [9.17, 15) is 4.79 Å². The van der Waals surface area contributed by atoms with Crippen LogP contribution >= 0.6 is 0 Å². The fraction of sp³-hybridized carbons (Fsp3) is 0.615. The van der Waals surface area contributed by atoms with Crippen LogP contribution in [0.1, 0.15) is 19.8 Å². The third kappa shape index (κ3) is 4.34. The van der Waals surface area contributed by atoms with Crippen LogP contribution in [-0.2, 0) is 4.79 Å². The molecule has 1 amide bonds. The number of nitrogens with one attached hydrogen (secondary N) is 2. The van der Waals surface area contributed by atoms with Gasteiger partial charge in [-0.3, -0.25) is 9.69 Å². The highest BCUT2D eigenvalue weighted by Crippen LogP contribution is 2.14. The molecule has 2 heterocycles. The number of likely N-dealkylation sites (tertiary alicyclic amines) is 1. The van der Waals surface area contributed by atoms with Crippen molar-refractivity contribution >= 4 is 17.7 Å². The van der Waals surface area contributed by atoms with E-state index in [1.165, 1.54) is 0 Å². The minimum atomic E-state index is -0.266. The maximum absolute atomic E-state index is 10.9. The third-order valence-corrected chi connectivity index (χ3v) is 3.31. The number of anilines is 2. The Morgan fingerprint density at radius 2 is 2.25 bits per heavy atom. The summed E-state index contributed by atoms with van der Waals surface area (Å²) in [4.78, 5) is 21.6. The van der Waals surface area contributed by atoms with Crippen molar-refractivity contribution in [2.45, 2.75) is 25.8 Å². The Kier molecular flexibility index (Phi) is 5.11. The number of nitrogens with zero attached hydrogens (tertiary/aromatic N) is 3. The molecule has 0 radical (unpaired) electrons. The second-order valence-corrected chi connectivity index (χ2v) is 4.96. The van der Waals surface area contributed by atoms with Gasteiger partial charge in [-0.1, -0.05) is 0 Å². The maximum atomic E-state index is 10.9. The Bertz CT molecular complexity index is 444. The van der Waals surface area contributed by atoms with Crippen LogP contribution in [0.2, 0.25) is 0 Å². The lowest BCUT2D eigenvalue weighted by molar-refractivity contribution is -0.119. The van der Waals surface area contributed by atoms with Crippen LogP contribution in [0.3, 0.4) is 0 Å². The summed E-state index contributed by atoms with van der Waals surface area (Å²) in [6, 6.07) is 2.19. The molecule has 1 fully saturated rings. The summed E-state index contributed by atoms with van der Waals surface area (Å²) in [6.45, 7) is 4.95. The van der Waals surface area contributed by atoms with Crippen molar-refractivity contribution in [1.82, 2.24) is 14.9 Å². The molecule has 1 aromatic rings. The van der Waals surface area contributed by atoms with E-state index in [0.29, 0.717) is 18.5 Å². The number of carbonyl (C=O) groups excluding carboxylic acids is 1. The summed E-state index contributed by atoms with van der Waals surface area (Å²) in [6.07, 6.45) is 3.67. The summed E-state index contributed by atoms with van der Waals surface area (Å²) >= 11 is 0. The standard InChI is InChI=1S/C13H22N6O/c1-2-15-12-3-6-16-13(18-12)17-10-4-7-19(8-5-10)9-11(14)20/h3,6,10H,2,4-5,7-9H2,1H3,(H2,14,20)(H2,15,16,17,18). The second-order valence-electron chi connectivity index (χ2n) is 4.96. The average molecular weight is 278 g/mol. The fourth-order valence-corrected chi connectivity index (χ4v) is 2.35. The first-order valence-corrected chi connectivity index (χ1v) is 7.01. The molecule has 7 heteroatoms. The van der Waals surface area contributed by atoms with Crippen molar-refractivity contribution in [1.29, 1.82) is 0 Å². The molecule has 4 N–H and O–H groups in total. The zero-order valence-corrected chi connectivity index (χ0v) is 11.8. The van der Waals surface area contributed by atoms with Crippen LogP contribution in [0.5, 0.6) is 0 Å². The van der Waals surface area contributed by atoms with Crippen LogP contribution < -0.4 is 16.4 Å². The zero-order chi connectivity index (χ0) is 14.4. The van der Waals surface area contributed by atoms with Crippen molar-refractivity contribution in [3.8, 4) is 0 Å². The van der Waals surface area contributed by atoms with Gasteiger partial charge >= 0.3 is 0 Å². The smallest absolute Gasteiger partial charge is 0.231 e. The van der Waals surface area contributed by atoms with Gasteiger partial charge in [0.05, 0.1) is 6.54 Å². The molecule has 0 aliphatic carbocycles. The number of amides is 1. The Balaban J connectivity index is 1.83. The number of aromatic nitrogens is 2. The number of piperidine rings is 1. The van der Waals surface area contributed by atoms with Gasteiger partial charge in [0.2, 0.25) is 11.9 Å². The van der Waals surface area contributed by atoms with E-state index in [2.05, 4.69) is 25.5 Å². The molecular weight excluding hydrogens is 256 g/mol. The predicted octanol–water partition coefficient (Wildman–Crippen LogP) is 0.270. The topological polar surface area (TPSA) is 96.2 Å². The first-order chi connectivity index (χ1) is 9.67. The largest absolute Gasteiger partial charge is 0.370 e. The molecule has 0 saturated carbocycles. The van der Waals surface area contributed by atoms with Crippen molar-refractivity contribution < 1.29 is 4.79 Å². The Hall–Kier alpha value is -1.89. The monoisotopic (exact) mass is 278 g/mol. The molecular formula is C13H22N6O. The van der Waals surface area contributed by atoms with E-state index in [1.807, 2.05) is 13.0 Å². The SMILES string of the molecule is CCNc1ccnc(NC2CCN(CC(N)=O)CC2)n1. The molecule has 20 heavy (non-hydrogen) atoms. The summed E-state index contributed by atoms with van der Waals surface area (Å²) < 4.78 is 0. The molecule has 1 aliphatic rings. The number of hydrogen-bond donors (Lipinski definition) is 3. The van der Waals surface area contributed by atoms with Gasteiger partial charge in [0.25, 0.3) is 0 Å². The van der Waals surface area contributed by atoms with Gasteiger partial charge in [0.15, 0.2) is 0 Å². The van der Waals surface area contributed by atoms with Crippen molar-refractivity contribution in [3.63, 3.8) is 0 Å². The lowest BCUT2D eigenvalue weighted by Gasteiger charge is -2.31. The number of nitrogens with two attached hydrogens (primary N) is 1. The van der Waals surface area contributed by atoms with Gasteiger partial charge < -0.3 is 16.4 Å². The van der Waals surface area contributed by atoms with Crippen molar-refractivity contribution in [2.24, 2.45) is 5.73 Å². The van der Waals surface area contributed by atoms with E-state index in [4.69, 9.17) is 5.73 Å². The van der Waals surface area contributed by atoms with E-state index in [1.54, 1.807) is 6.20 Å². The molecule has 1 aromatic heterocycles. The second kappa shape index (κ2) is 7.04. The van der Waals surface area contributed by atoms with Crippen LogP contribution in [0, 0.1) is 0 Å². The zero-order valence-electron chi connectivity index (χ0n) is 11.8. The van der Waals surface area contributed by atoms with Crippen LogP contribution in [0.15, 0.2) is 12.3 Å². The van der Waals surface area contributed by atoms with Crippen LogP contribution in [0.25, 0.3) is 0 Å². The van der Waals surface area contributed by atoms with Gasteiger partial charge in [0.1, 0.15) is 5.82 Å². The van der Waals surface area contributed by atoms with Crippen molar-refractivity contribution in [2.75, 3.05) is 36.8 Å². The molecule has 0 spiro atoms. The Morgan fingerprint density at radius 1 is 1.50 bits per heavy atom. The first-order valence-electron chi connectivity index (χ1n) is 7.01. The van der Waals surface area contributed by atoms with Gasteiger partial charge in [-0.05, 0) is 25.8 Å².